The van der Waals surface area contributed by atoms with Crippen molar-refractivity contribution in [1.29, 1.82) is 0 Å². The lowest BCUT2D eigenvalue weighted by atomic mass is 9.95. The first-order chi connectivity index (χ1) is 22.3. The van der Waals surface area contributed by atoms with Crippen LogP contribution < -0.4 is 21.1 Å². The minimum Gasteiger partial charge on any atom is -0.507 e. The van der Waals surface area contributed by atoms with E-state index >= 15 is 4.39 Å². The molecular weight excluding hydrogens is 627 g/mol. The molecule has 11 nitrogen and oxygen atoms in total. The molecule has 13 heteroatoms. The zero-order valence-electron chi connectivity index (χ0n) is 26.1. The number of piperazine rings is 1. The number of phenolic OH excluding ortho intramolecular Hbond substituents is 1. The van der Waals surface area contributed by atoms with E-state index in [0.29, 0.717) is 16.6 Å². The highest BCUT2D eigenvalue weighted by Gasteiger charge is 2.46. The molecule has 0 unspecified atom stereocenters. The molecule has 0 bridgehead atoms. The van der Waals surface area contributed by atoms with Crippen molar-refractivity contribution < 1.29 is 23.9 Å². The molecule has 0 radical (unpaired) electrons. The van der Waals surface area contributed by atoms with Crippen molar-refractivity contribution in [2.75, 3.05) is 29.9 Å². The summed E-state index contributed by atoms with van der Waals surface area (Å²) in [5.41, 5.74) is 5.85. The van der Waals surface area contributed by atoms with Gasteiger partial charge in [0.25, 0.3) is 17.4 Å². The van der Waals surface area contributed by atoms with E-state index in [0.717, 1.165) is 6.07 Å². The number of rotatable bonds is 5. The predicted molar refractivity (Wildman–Crippen MR) is 178 cm³/mol. The fourth-order valence-corrected chi connectivity index (χ4v) is 6.89. The average molecular weight is 659 g/mol. The summed E-state index contributed by atoms with van der Waals surface area (Å²) in [5, 5.41) is 11.0. The van der Waals surface area contributed by atoms with Crippen LogP contribution in [-0.2, 0) is 9.59 Å². The molecular formula is C34H32ClFN6O5. The summed E-state index contributed by atoms with van der Waals surface area (Å²) in [7, 11) is 1.47. The number of likely N-dealkylation sites (N-methyl/N-ethyl adjacent to an activating group) is 1. The van der Waals surface area contributed by atoms with E-state index in [1.807, 2.05) is 20.8 Å². The maximum absolute atomic E-state index is 15.2. The van der Waals surface area contributed by atoms with Crippen LogP contribution in [0.3, 0.4) is 0 Å². The van der Waals surface area contributed by atoms with Crippen LogP contribution in [0.4, 0.5) is 15.8 Å². The Morgan fingerprint density at radius 2 is 1.83 bits per heavy atom. The third-order valence-electron chi connectivity index (χ3n) is 8.89. The molecule has 6 rings (SSSR count). The summed E-state index contributed by atoms with van der Waals surface area (Å²) in [6, 6.07) is 8.94. The Kier molecular flexibility index (Phi) is 7.79. The van der Waals surface area contributed by atoms with E-state index in [-0.39, 0.29) is 69.8 Å². The Labute approximate surface area is 274 Å². The topological polar surface area (TPSA) is 142 Å². The molecule has 2 aromatic carbocycles. The number of benzene rings is 2. The van der Waals surface area contributed by atoms with Crippen LogP contribution >= 0.6 is 11.6 Å². The highest BCUT2D eigenvalue weighted by Crippen LogP contribution is 2.45. The van der Waals surface area contributed by atoms with E-state index < -0.39 is 35.0 Å². The number of hydrogen-bond acceptors (Lipinski definition) is 7. The molecule has 2 atom stereocenters. The molecule has 47 heavy (non-hydrogen) atoms. The number of para-hydroxylation sites is 1. The van der Waals surface area contributed by atoms with Gasteiger partial charge in [0.05, 0.1) is 39.8 Å². The largest absolute Gasteiger partial charge is 0.507 e. The fourth-order valence-electron chi connectivity index (χ4n) is 6.65. The maximum atomic E-state index is 15.2. The summed E-state index contributed by atoms with van der Waals surface area (Å²) in [4.78, 5) is 63.7. The van der Waals surface area contributed by atoms with Crippen LogP contribution in [0.25, 0.3) is 28.0 Å². The molecule has 1 saturated heterocycles. The van der Waals surface area contributed by atoms with Gasteiger partial charge in [-0.2, -0.15) is 0 Å². The van der Waals surface area contributed by atoms with Gasteiger partial charge in [0.1, 0.15) is 28.9 Å². The van der Waals surface area contributed by atoms with Gasteiger partial charge < -0.3 is 25.5 Å². The number of phenols is 1. The maximum Gasteiger partial charge on any atom is 0.282 e. The van der Waals surface area contributed by atoms with Gasteiger partial charge in [-0.05, 0) is 48.7 Å². The van der Waals surface area contributed by atoms with E-state index in [9.17, 15) is 24.3 Å². The van der Waals surface area contributed by atoms with Crippen LogP contribution in [0.2, 0.25) is 5.02 Å². The monoisotopic (exact) mass is 658 g/mol. The van der Waals surface area contributed by atoms with Crippen LogP contribution in [0.15, 0.2) is 59.9 Å². The Balaban J connectivity index is 1.79. The first-order valence-corrected chi connectivity index (χ1v) is 15.3. The highest BCUT2D eigenvalue weighted by molar-refractivity contribution is 6.34. The Morgan fingerprint density at radius 3 is 2.47 bits per heavy atom. The number of primary amides is 1. The van der Waals surface area contributed by atoms with Gasteiger partial charge >= 0.3 is 0 Å². The lowest BCUT2D eigenvalue weighted by molar-refractivity contribution is -0.130. The van der Waals surface area contributed by atoms with Crippen molar-refractivity contribution in [2.24, 2.45) is 5.73 Å². The smallest absolute Gasteiger partial charge is 0.282 e. The zero-order chi connectivity index (χ0) is 34.1. The second-order valence-corrected chi connectivity index (χ2v) is 12.4. The molecule has 0 spiro atoms. The zero-order valence-corrected chi connectivity index (χ0v) is 26.9. The minimum atomic E-state index is -0.857. The van der Waals surface area contributed by atoms with Gasteiger partial charge in [0, 0.05) is 25.0 Å². The number of nitrogens with zero attached hydrogens (tertiary/aromatic N) is 5. The van der Waals surface area contributed by atoms with E-state index in [4.69, 9.17) is 22.3 Å². The summed E-state index contributed by atoms with van der Waals surface area (Å²) in [6.07, 6.45) is 1.19. The number of carbonyl (C=O) groups excluding carboxylic acids is 3. The van der Waals surface area contributed by atoms with Crippen molar-refractivity contribution in [3.05, 3.63) is 87.4 Å². The van der Waals surface area contributed by atoms with Crippen LogP contribution in [0.5, 0.6) is 5.75 Å². The molecule has 2 aliphatic rings. The lowest BCUT2D eigenvalue weighted by Gasteiger charge is -2.49. The second kappa shape index (κ2) is 11.5. The number of anilines is 2. The second-order valence-electron chi connectivity index (χ2n) is 12.0. The molecule has 0 saturated carbocycles. The lowest BCUT2D eigenvalue weighted by Crippen LogP contribution is -2.66. The number of aromatic hydroxyl groups is 1. The van der Waals surface area contributed by atoms with Crippen molar-refractivity contribution in [3.8, 4) is 22.7 Å². The Morgan fingerprint density at radius 1 is 1.13 bits per heavy atom. The number of fused-ring (bicyclic) bond motifs is 5. The molecule has 242 valence electrons. The molecule has 3 amide bonds. The van der Waals surface area contributed by atoms with Crippen LogP contribution in [0.1, 0.15) is 42.6 Å². The Hall–Kier alpha value is -5.23. The van der Waals surface area contributed by atoms with Crippen molar-refractivity contribution in [2.45, 2.75) is 38.8 Å². The standard InChI is InChI=1S/C34H32ClFN6O5/c1-6-25(44)40-15-23-33(46)39(5)30-29(41(23)14-17(40)4)20-13-21(35)27(26-22(36)11-8-12-24(26)43)38-32(20)42(34(30)47)28-18(16(2)3)9-7-10-19(28)31(37)45/h6-13,16-17,23,43H,1,14-15H2,2-5H3,(H2,37,45)/t17-,23-/m1/s1. The van der Waals surface area contributed by atoms with Gasteiger partial charge in [-0.1, -0.05) is 50.2 Å². The van der Waals surface area contributed by atoms with Gasteiger partial charge in [0.15, 0.2) is 0 Å². The predicted octanol–water partition coefficient (Wildman–Crippen LogP) is 4.34. The van der Waals surface area contributed by atoms with Crippen molar-refractivity contribution in [1.82, 2.24) is 14.5 Å². The summed E-state index contributed by atoms with van der Waals surface area (Å²) < 4.78 is 16.5. The number of nitrogens with two attached hydrogens (primary N) is 1. The highest BCUT2D eigenvalue weighted by atomic mass is 35.5. The molecule has 4 aromatic rings. The van der Waals surface area contributed by atoms with Crippen LogP contribution in [0, 0.1) is 5.82 Å². The SMILES string of the molecule is C=CC(=O)N1C[C@@H]2C(=O)N(C)c3c(c4cc(Cl)c(-c5c(O)cccc5F)nc4n(-c4c(C(N)=O)cccc4C(C)C)c3=O)N2C[C@H]1C. The quantitative estimate of drug-likeness (QED) is 0.304. The number of aromatic nitrogens is 2. The van der Waals surface area contributed by atoms with E-state index in [1.54, 1.807) is 21.9 Å². The number of pyridine rings is 2. The summed E-state index contributed by atoms with van der Waals surface area (Å²) in [6.45, 7) is 9.39. The number of hydrogen-bond donors (Lipinski definition) is 2. The van der Waals surface area contributed by atoms with Gasteiger partial charge in [-0.25, -0.2) is 9.37 Å². The van der Waals surface area contributed by atoms with Gasteiger partial charge in [-0.15, -0.1) is 0 Å². The first kappa shape index (κ1) is 31.7. The number of carbonyl (C=O) groups is 3. The third kappa shape index (κ3) is 4.82. The Bertz CT molecular complexity index is 2080. The summed E-state index contributed by atoms with van der Waals surface area (Å²) >= 11 is 6.81. The van der Waals surface area contributed by atoms with Gasteiger partial charge in [0.2, 0.25) is 5.91 Å². The number of amides is 3. The third-order valence-corrected chi connectivity index (χ3v) is 9.18. The molecule has 0 aliphatic carbocycles. The van der Waals surface area contributed by atoms with Crippen molar-refractivity contribution in [3.63, 3.8) is 0 Å². The average Bonchev–Trinajstić information content (AvgIpc) is 3.02. The number of halogens is 2. The fraction of sp³-hybridized carbons (Fsp3) is 0.265. The van der Waals surface area contributed by atoms with Crippen LogP contribution in [-0.4, -0.2) is 69.5 Å². The van der Waals surface area contributed by atoms with Crippen molar-refractivity contribution >= 4 is 51.7 Å². The first-order valence-electron chi connectivity index (χ1n) is 15.0. The van der Waals surface area contributed by atoms with Gasteiger partial charge in [-0.3, -0.25) is 23.7 Å². The van der Waals surface area contributed by atoms with E-state index in [2.05, 4.69) is 6.58 Å². The molecule has 1 fully saturated rings. The van der Waals surface area contributed by atoms with E-state index in [1.165, 1.54) is 46.9 Å². The molecule has 2 aliphatic heterocycles. The minimum absolute atomic E-state index is 0.00258. The molecule has 2 aromatic heterocycles. The molecule has 3 N–H and O–H groups in total. The normalized spacial score (nSPS) is 17.6. The summed E-state index contributed by atoms with van der Waals surface area (Å²) in [5.74, 6) is -2.98. The molecule has 4 heterocycles.